The average molecular weight is 272 g/mol. The van der Waals surface area contributed by atoms with Gasteiger partial charge in [0, 0.05) is 17.8 Å². The fourth-order valence-electron chi connectivity index (χ4n) is 2.60. The molecule has 2 rings (SSSR count). The predicted octanol–water partition coefficient (Wildman–Crippen LogP) is 1.43. The first kappa shape index (κ1) is 13.5. The third-order valence-corrected chi connectivity index (χ3v) is 4.83. The van der Waals surface area contributed by atoms with E-state index in [1.165, 1.54) is 5.75 Å². The Morgan fingerprint density at radius 2 is 1.89 bits per heavy atom. The lowest BCUT2D eigenvalue weighted by Crippen LogP contribution is -2.47. The van der Waals surface area contributed by atoms with Crippen LogP contribution >= 0.6 is 11.8 Å². The van der Waals surface area contributed by atoms with Crippen LogP contribution in [-0.4, -0.2) is 40.7 Å². The minimum Gasteiger partial charge on any atom is -0.481 e. The Balaban J connectivity index is 1.69. The van der Waals surface area contributed by atoms with Crippen LogP contribution < -0.4 is 10.6 Å². The Kier molecular flexibility index (Phi) is 4.74. The molecule has 0 aromatic rings. The van der Waals surface area contributed by atoms with Crippen LogP contribution in [0.1, 0.15) is 32.1 Å². The van der Waals surface area contributed by atoms with Gasteiger partial charge in [0.05, 0.1) is 5.92 Å². The summed E-state index contributed by atoms with van der Waals surface area (Å²) in [7, 11) is 0. The number of carbonyl (C=O) groups is 2. The van der Waals surface area contributed by atoms with Gasteiger partial charge in [-0.05, 0) is 37.9 Å². The molecule has 0 aromatic carbocycles. The van der Waals surface area contributed by atoms with Crippen LogP contribution in [0, 0.1) is 5.92 Å². The maximum atomic E-state index is 11.8. The molecule has 2 fully saturated rings. The van der Waals surface area contributed by atoms with Gasteiger partial charge in [0.1, 0.15) is 0 Å². The molecule has 1 saturated carbocycles. The molecule has 3 atom stereocenters. The number of nitrogens with one attached hydrogen (secondary N) is 2. The van der Waals surface area contributed by atoms with Crippen molar-refractivity contribution in [1.82, 2.24) is 10.6 Å². The zero-order valence-electron chi connectivity index (χ0n) is 10.4. The van der Waals surface area contributed by atoms with Crippen molar-refractivity contribution < 1.29 is 14.7 Å². The standard InChI is InChI=1S/C12H20N2O3S/c15-11(16)8-3-4-9(6-8)13-12(17)14-10-2-1-5-18-7-10/h8-10H,1-7H2,(H,15,16)(H2,13,14,17). The zero-order chi connectivity index (χ0) is 13.0. The van der Waals surface area contributed by atoms with E-state index in [0.717, 1.165) is 25.0 Å². The first-order valence-corrected chi connectivity index (χ1v) is 7.68. The van der Waals surface area contributed by atoms with Crippen molar-refractivity contribution in [3.8, 4) is 0 Å². The maximum absolute atomic E-state index is 11.8. The molecule has 0 radical (unpaired) electrons. The number of thioether (sulfide) groups is 1. The number of carbonyl (C=O) groups excluding carboxylic acids is 1. The van der Waals surface area contributed by atoms with E-state index < -0.39 is 5.97 Å². The van der Waals surface area contributed by atoms with E-state index in [9.17, 15) is 9.59 Å². The number of hydrogen-bond acceptors (Lipinski definition) is 3. The smallest absolute Gasteiger partial charge is 0.315 e. The number of urea groups is 1. The highest BCUT2D eigenvalue weighted by molar-refractivity contribution is 7.99. The van der Waals surface area contributed by atoms with Crippen molar-refractivity contribution in [1.29, 1.82) is 0 Å². The summed E-state index contributed by atoms with van der Waals surface area (Å²) < 4.78 is 0. The van der Waals surface area contributed by atoms with Crippen LogP contribution in [-0.2, 0) is 4.79 Å². The highest BCUT2D eigenvalue weighted by atomic mass is 32.2. The maximum Gasteiger partial charge on any atom is 0.315 e. The van der Waals surface area contributed by atoms with Crippen LogP contribution in [0.15, 0.2) is 0 Å². The Labute approximate surface area is 111 Å². The van der Waals surface area contributed by atoms with Gasteiger partial charge in [-0.2, -0.15) is 11.8 Å². The van der Waals surface area contributed by atoms with Crippen molar-refractivity contribution in [2.45, 2.75) is 44.2 Å². The summed E-state index contributed by atoms with van der Waals surface area (Å²) in [6.07, 6.45) is 4.19. The van der Waals surface area contributed by atoms with Crippen molar-refractivity contribution >= 4 is 23.8 Å². The van der Waals surface area contributed by atoms with E-state index in [2.05, 4.69) is 10.6 Å². The van der Waals surface area contributed by atoms with Gasteiger partial charge >= 0.3 is 12.0 Å². The summed E-state index contributed by atoms with van der Waals surface area (Å²) in [5, 5.41) is 14.8. The van der Waals surface area contributed by atoms with Crippen molar-refractivity contribution in [2.75, 3.05) is 11.5 Å². The average Bonchev–Trinajstić information content (AvgIpc) is 2.78. The lowest BCUT2D eigenvalue weighted by molar-refractivity contribution is -0.141. The fourth-order valence-corrected chi connectivity index (χ4v) is 3.68. The fraction of sp³-hybridized carbons (Fsp3) is 0.833. The molecule has 2 amide bonds. The van der Waals surface area contributed by atoms with Gasteiger partial charge in [-0.25, -0.2) is 4.79 Å². The first-order valence-electron chi connectivity index (χ1n) is 6.52. The molecule has 0 spiro atoms. The highest BCUT2D eigenvalue weighted by Crippen LogP contribution is 2.25. The summed E-state index contributed by atoms with van der Waals surface area (Å²) in [4.78, 5) is 22.6. The molecule has 5 nitrogen and oxygen atoms in total. The van der Waals surface area contributed by atoms with Crippen molar-refractivity contribution in [2.24, 2.45) is 5.92 Å². The molecule has 18 heavy (non-hydrogen) atoms. The van der Waals surface area contributed by atoms with Gasteiger partial charge in [-0.1, -0.05) is 0 Å². The van der Waals surface area contributed by atoms with E-state index in [-0.39, 0.29) is 24.0 Å². The molecule has 0 bridgehead atoms. The van der Waals surface area contributed by atoms with Crippen molar-refractivity contribution in [3.05, 3.63) is 0 Å². The number of hydrogen-bond donors (Lipinski definition) is 3. The normalized spacial score (nSPS) is 31.9. The quantitative estimate of drug-likeness (QED) is 0.726. The SMILES string of the molecule is O=C(NC1CCCSC1)NC1CCC(C(=O)O)C1. The molecule has 3 unspecified atom stereocenters. The Bertz CT molecular complexity index is 318. The summed E-state index contributed by atoms with van der Waals surface area (Å²) in [6, 6.07) is 0.140. The second-order valence-electron chi connectivity index (χ2n) is 5.08. The number of carboxylic acids is 1. The van der Waals surface area contributed by atoms with Gasteiger partial charge in [0.25, 0.3) is 0 Å². The molecule has 6 heteroatoms. The lowest BCUT2D eigenvalue weighted by atomic mass is 10.1. The van der Waals surface area contributed by atoms with Crippen LogP contribution in [0.25, 0.3) is 0 Å². The van der Waals surface area contributed by atoms with E-state index in [0.29, 0.717) is 12.8 Å². The molecule has 3 N–H and O–H groups in total. The summed E-state index contributed by atoms with van der Waals surface area (Å²) in [5.41, 5.74) is 0. The monoisotopic (exact) mass is 272 g/mol. The van der Waals surface area contributed by atoms with E-state index >= 15 is 0 Å². The predicted molar refractivity (Wildman–Crippen MR) is 70.8 cm³/mol. The highest BCUT2D eigenvalue weighted by Gasteiger charge is 2.30. The van der Waals surface area contributed by atoms with Gasteiger partial charge in [-0.15, -0.1) is 0 Å². The van der Waals surface area contributed by atoms with Crippen LogP contribution in [0.5, 0.6) is 0 Å². The second-order valence-corrected chi connectivity index (χ2v) is 6.23. The Hall–Kier alpha value is -0.910. The van der Waals surface area contributed by atoms with E-state index in [4.69, 9.17) is 5.11 Å². The third-order valence-electron chi connectivity index (χ3n) is 3.61. The van der Waals surface area contributed by atoms with Gasteiger partial charge < -0.3 is 15.7 Å². The minimum absolute atomic E-state index is 0.0161. The summed E-state index contributed by atoms with van der Waals surface area (Å²) >= 11 is 1.87. The van der Waals surface area contributed by atoms with Crippen LogP contribution in [0.3, 0.4) is 0 Å². The zero-order valence-corrected chi connectivity index (χ0v) is 11.2. The van der Waals surface area contributed by atoms with Crippen LogP contribution in [0.4, 0.5) is 4.79 Å². The largest absolute Gasteiger partial charge is 0.481 e. The molecule has 1 aliphatic heterocycles. The van der Waals surface area contributed by atoms with Crippen LogP contribution in [0.2, 0.25) is 0 Å². The van der Waals surface area contributed by atoms with E-state index in [1.54, 1.807) is 0 Å². The van der Waals surface area contributed by atoms with E-state index in [1.807, 2.05) is 11.8 Å². The minimum atomic E-state index is -0.747. The molecule has 2 aliphatic rings. The molecule has 1 heterocycles. The number of rotatable bonds is 3. The van der Waals surface area contributed by atoms with Gasteiger partial charge in [-0.3, -0.25) is 4.79 Å². The number of carboxylic acid groups (broad SMARTS) is 1. The Morgan fingerprint density at radius 3 is 2.50 bits per heavy atom. The number of amides is 2. The lowest BCUT2D eigenvalue weighted by Gasteiger charge is -2.23. The number of aliphatic carboxylic acids is 1. The topological polar surface area (TPSA) is 78.4 Å². The molecule has 102 valence electrons. The summed E-state index contributed by atoms with van der Waals surface area (Å²) in [6.45, 7) is 0. The molecule has 1 saturated heterocycles. The van der Waals surface area contributed by atoms with Crippen molar-refractivity contribution in [3.63, 3.8) is 0 Å². The first-order chi connectivity index (χ1) is 8.65. The third kappa shape index (κ3) is 3.80. The Morgan fingerprint density at radius 1 is 1.11 bits per heavy atom. The van der Waals surface area contributed by atoms with Gasteiger partial charge in [0.15, 0.2) is 0 Å². The molecule has 1 aliphatic carbocycles. The molecular weight excluding hydrogens is 252 g/mol. The molecule has 0 aromatic heterocycles. The second kappa shape index (κ2) is 6.31. The summed E-state index contributed by atoms with van der Waals surface area (Å²) in [5.74, 6) is 1.13. The van der Waals surface area contributed by atoms with Gasteiger partial charge in [0.2, 0.25) is 0 Å². The molecular formula is C12H20N2O3S.